The molecule has 26 heavy (non-hydrogen) atoms. The average molecular weight is 362 g/mol. The number of rotatable bonds is 6. The van der Waals surface area contributed by atoms with Crippen LogP contribution in [0.25, 0.3) is 22.3 Å². The molecule has 0 radical (unpaired) electrons. The monoisotopic (exact) mass is 362 g/mol. The van der Waals surface area contributed by atoms with Crippen LogP contribution in [0.1, 0.15) is 17.3 Å². The SMILES string of the molecule is OCCC(Nc1nc(-c2cccnc2)nc2ccccc12)c1cccs1. The molecule has 0 spiro atoms. The molecule has 1 unspecified atom stereocenters. The third-order valence-electron chi connectivity index (χ3n) is 4.14. The number of fused-ring (bicyclic) bond motifs is 1. The maximum atomic E-state index is 9.48. The van der Waals surface area contributed by atoms with Crippen molar-refractivity contribution in [3.05, 3.63) is 71.2 Å². The van der Waals surface area contributed by atoms with Gasteiger partial charge in [0.25, 0.3) is 0 Å². The van der Waals surface area contributed by atoms with Gasteiger partial charge in [0, 0.05) is 34.8 Å². The summed E-state index contributed by atoms with van der Waals surface area (Å²) in [6.07, 6.45) is 4.11. The number of para-hydroxylation sites is 1. The van der Waals surface area contributed by atoms with E-state index >= 15 is 0 Å². The smallest absolute Gasteiger partial charge is 0.163 e. The van der Waals surface area contributed by atoms with Crippen LogP contribution in [-0.4, -0.2) is 26.7 Å². The molecule has 0 amide bonds. The van der Waals surface area contributed by atoms with Crippen molar-refractivity contribution in [1.29, 1.82) is 0 Å². The van der Waals surface area contributed by atoms with Crippen molar-refractivity contribution in [2.45, 2.75) is 12.5 Å². The molecule has 0 aliphatic rings. The summed E-state index contributed by atoms with van der Waals surface area (Å²) in [5.74, 6) is 1.40. The second kappa shape index (κ2) is 7.59. The van der Waals surface area contributed by atoms with E-state index in [1.807, 2.05) is 47.8 Å². The molecule has 0 saturated carbocycles. The van der Waals surface area contributed by atoms with E-state index in [1.54, 1.807) is 23.7 Å². The number of thiophene rings is 1. The second-order valence-corrected chi connectivity index (χ2v) is 6.86. The Bertz CT molecular complexity index is 989. The van der Waals surface area contributed by atoms with Crippen molar-refractivity contribution >= 4 is 28.1 Å². The van der Waals surface area contributed by atoms with Crippen LogP contribution in [0.2, 0.25) is 0 Å². The van der Waals surface area contributed by atoms with Gasteiger partial charge in [-0.15, -0.1) is 11.3 Å². The standard InChI is InChI=1S/C20H18N4OS/c25-11-9-17(18-8-4-12-26-18)23-20-15-6-1-2-7-16(15)22-19(24-20)14-5-3-10-21-13-14/h1-8,10,12-13,17,25H,9,11H2,(H,22,23,24). The van der Waals surface area contributed by atoms with E-state index in [0.29, 0.717) is 12.2 Å². The zero-order valence-electron chi connectivity index (χ0n) is 14.0. The lowest BCUT2D eigenvalue weighted by Crippen LogP contribution is -2.13. The Morgan fingerprint density at radius 2 is 1.96 bits per heavy atom. The summed E-state index contributed by atoms with van der Waals surface area (Å²) < 4.78 is 0. The Morgan fingerprint density at radius 1 is 1.04 bits per heavy atom. The minimum absolute atomic E-state index is 0.0000504. The summed E-state index contributed by atoms with van der Waals surface area (Å²) in [6.45, 7) is 0.105. The second-order valence-electron chi connectivity index (χ2n) is 5.88. The van der Waals surface area contributed by atoms with Crippen LogP contribution < -0.4 is 5.32 Å². The molecule has 5 nitrogen and oxygen atoms in total. The fraction of sp³-hybridized carbons (Fsp3) is 0.150. The molecule has 0 bridgehead atoms. The number of aromatic nitrogens is 3. The Hall–Kier alpha value is -2.83. The van der Waals surface area contributed by atoms with E-state index in [2.05, 4.69) is 21.4 Å². The van der Waals surface area contributed by atoms with Gasteiger partial charge < -0.3 is 10.4 Å². The molecule has 0 aliphatic carbocycles. The van der Waals surface area contributed by atoms with E-state index in [0.717, 1.165) is 22.3 Å². The number of anilines is 1. The van der Waals surface area contributed by atoms with E-state index in [1.165, 1.54) is 4.88 Å². The molecule has 1 aromatic carbocycles. The maximum Gasteiger partial charge on any atom is 0.163 e. The molecule has 130 valence electrons. The summed E-state index contributed by atoms with van der Waals surface area (Å²) in [7, 11) is 0. The first-order valence-electron chi connectivity index (χ1n) is 8.43. The van der Waals surface area contributed by atoms with Crippen molar-refractivity contribution in [3.8, 4) is 11.4 Å². The molecule has 0 aliphatic heterocycles. The van der Waals surface area contributed by atoms with Crippen molar-refractivity contribution in [1.82, 2.24) is 15.0 Å². The zero-order valence-corrected chi connectivity index (χ0v) is 14.9. The van der Waals surface area contributed by atoms with E-state index in [9.17, 15) is 5.11 Å². The highest BCUT2D eigenvalue weighted by Crippen LogP contribution is 2.30. The first kappa shape index (κ1) is 16.6. The predicted molar refractivity (Wildman–Crippen MR) is 105 cm³/mol. The van der Waals surface area contributed by atoms with Gasteiger partial charge in [0.2, 0.25) is 0 Å². The average Bonchev–Trinajstić information content (AvgIpc) is 3.23. The number of hydrogen-bond acceptors (Lipinski definition) is 6. The number of aliphatic hydroxyl groups excluding tert-OH is 1. The highest BCUT2D eigenvalue weighted by Gasteiger charge is 2.16. The van der Waals surface area contributed by atoms with Crippen LogP contribution in [0.5, 0.6) is 0 Å². The largest absolute Gasteiger partial charge is 0.396 e. The van der Waals surface area contributed by atoms with Crippen molar-refractivity contribution in [2.24, 2.45) is 0 Å². The number of pyridine rings is 1. The van der Waals surface area contributed by atoms with Crippen molar-refractivity contribution in [2.75, 3.05) is 11.9 Å². The van der Waals surface area contributed by atoms with Crippen molar-refractivity contribution in [3.63, 3.8) is 0 Å². The first-order chi connectivity index (χ1) is 12.8. The van der Waals surface area contributed by atoms with Gasteiger partial charge in [-0.3, -0.25) is 4.98 Å². The summed E-state index contributed by atoms with van der Waals surface area (Å²) >= 11 is 1.67. The van der Waals surface area contributed by atoms with Gasteiger partial charge in [0.05, 0.1) is 11.6 Å². The summed E-state index contributed by atoms with van der Waals surface area (Å²) in [6, 6.07) is 15.9. The Morgan fingerprint density at radius 3 is 2.73 bits per heavy atom. The minimum atomic E-state index is 0.0000504. The highest BCUT2D eigenvalue weighted by atomic mass is 32.1. The summed E-state index contributed by atoms with van der Waals surface area (Å²) in [5.41, 5.74) is 1.74. The zero-order chi connectivity index (χ0) is 17.8. The Kier molecular flexibility index (Phi) is 4.86. The van der Waals surface area contributed by atoms with E-state index in [-0.39, 0.29) is 12.6 Å². The van der Waals surface area contributed by atoms with Crippen LogP contribution in [-0.2, 0) is 0 Å². The Balaban J connectivity index is 1.80. The molecule has 3 aromatic heterocycles. The van der Waals surface area contributed by atoms with Gasteiger partial charge in [-0.1, -0.05) is 18.2 Å². The first-order valence-corrected chi connectivity index (χ1v) is 9.31. The topological polar surface area (TPSA) is 70.9 Å². The molecule has 0 fully saturated rings. The lowest BCUT2D eigenvalue weighted by molar-refractivity contribution is 0.280. The molecular weight excluding hydrogens is 344 g/mol. The molecule has 6 heteroatoms. The number of nitrogens with zero attached hydrogens (tertiary/aromatic N) is 3. The van der Waals surface area contributed by atoms with Gasteiger partial charge in [-0.05, 0) is 42.1 Å². The number of benzene rings is 1. The third kappa shape index (κ3) is 3.42. The van der Waals surface area contributed by atoms with E-state index < -0.39 is 0 Å². The molecule has 1 atom stereocenters. The fourth-order valence-corrected chi connectivity index (χ4v) is 3.69. The molecule has 3 heterocycles. The third-order valence-corrected chi connectivity index (χ3v) is 5.12. The molecule has 4 rings (SSSR count). The van der Waals surface area contributed by atoms with Crippen LogP contribution in [0.15, 0.2) is 66.3 Å². The quantitative estimate of drug-likeness (QED) is 0.535. The molecule has 2 N–H and O–H groups in total. The lowest BCUT2D eigenvalue weighted by Gasteiger charge is -2.19. The van der Waals surface area contributed by atoms with Crippen LogP contribution >= 0.6 is 11.3 Å². The Labute approximate surface area is 155 Å². The van der Waals surface area contributed by atoms with Gasteiger partial charge >= 0.3 is 0 Å². The summed E-state index contributed by atoms with van der Waals surface area (Å²) in [5, 5.41) is 16.0. The van der Waals surface area contributed by atoms with Gasteiger partial charge in [-0.2, -0.15) is 0 Å². The number of aliphatic hydroxyl groups is 1. The molecule has 0 saturated heterocycles. The molecular formula is C20H18N4OS. The predicted octanol–water partition coefficient (Wildman–Crippen LogP) is 4.29. The maximum absolute atomic E-state index is 9.48. The van der Waals surface area contributed by atoms with Crippen LogP contribution in [0, 0.1) is 0 Å². The van der Waals surface area contributed by atoms with Gasteiger partial charge in [0.1, 0.15) is 5.82 Å². The van der Waals surface area contributed by atoms with Crippen LogP contribution in [0.4, 0.5) is 5.82 Å². The molecule has 4 aromatic rings. The van der Waals surface area contributed by atoms with E-state index in [4.69, 9.17) is 4.98 Å². The van der Waals surface area contributed by atoms with Crippen molar-refractivity contribution < 1.29 is 5.11 Å². The van der Waals surface area contributed by atoms with Gasteiger partial charge in [0.15, 0.2) is 5.82 Å². The normalized spacial score (nSPS) is 12.2. The van der Waals surface area contributed by atoms with Gasteiger partial charge in [-0.25, -0.2) is 9.97 Å². The minimum Gasteiger partial charge on any atom is -0.396 e. The summed E-state index contributed by atoms with van der Waals surface area (Å²) in [4.78, 5) is 14.8. The van der Waals surface area contributed by atoms with Crippen LogP contribution in [0.3, 0.4) is 0 Å². The number of hydrogen-bond donors (Lipinski definition) is 2. The fourth-order valence-electron chi connectivity index (χ4n) is 2.88. The highest BCUT2D eigenvalue weighted by molar-refractivity contribution is 7.10. The lowest BCUT2D eigenvalue weighted by atomic mass is 10.1. The number of nitrogens with one attached hydrogen (secondary N) is 1.